The van der Waals surface area contributed by atoms with Gasteiger partial charge in [-0.05, 0) is 52.5 Å². The highest BCUT2D eigenvalue weighted by atomic mass is 16.3. The lowest BCUT2D eigenvalue weighted by molar-refractivity contribution is 0.341. The van der Waals surface area contributed by atoms with Crippen LogP contribution in [0, 0.1) is 0 Å². The topological polar surface area (TPSA) is 40.5 Å². The van der Waals surface area contributed by atoms with Gasteiger partial charge in [0.1, 0.15) is 0 Å². The zero-order valence-corrected chi connectivity index (χ0v) is 10.7. The maximum absolute atomic E-state index is 8.98. The van der Waals surface area contributed by atoms with Crippen LogP contribution >= 0.6 is 0 Å². The standard InChI is InChI=1S/C14H24O2/c1-12(8-5-9-14(3)16)6-4-7-13(2)10-11-15/h6,9-10,15-16H,4-5,7-8,11H2,1-3H3/b12-6+,13-10+,14-9-. The molecule has 0 bridgehead atoms. The molecule has 0 aliphatic carbocycles. The van der Waals surface area contributed by atoms with Gasteiger partial charge in [-0.1, -0.05) is 23.3 Å². The van der Waals surface area contributed by atoms with Crippen molar-refractivity contribution in [2.75, 3.05) is 6.61 Å². The van der Waals surface area contributed by atoms with Crippen LogP contribution in [0.25, 0.3) is 0 Å². The zero-order valence-electron chi connectivity index (χ0n) is 10.7. The predicted octanol–water partition coefficient (Wildman–Crippen LogP) is 3.89. The van der Waals surface area contributed by atoms with E-state index in [1.165, 1.54) is 11.1 Å². The summed E-state index contributed by atoms with van der Waals surface area (Å²) < 4.78 is 0. The molecule has 0 fully saturated rings. The van der Waals surface area contributed by atoms with Gasteiger partial charge in [0.25, 0.3) is 0 Å². The van der Waals surface area contributed by atoms with Gasteiger partial charge in [0.2, 0.25) is 0 Å². The number of aliphatic hydroxyl groups excluding tert-OH is 2. The normalized spacial score (nSPS) is 14.4. The van der Waals surface area contributed by atoms with Crippen LogP contribution in [0.5, 0.6) is 0 Å². The van der Waals surface area contributed by atoms with Crippen LogP contribution in [0.2, 0.25) is 0 Å². The average molecular weight is 224 g/mol. The molecule has 0 atom stereocenters. The van der Waals surface area contributed by atoms with E-state index in [9.17, 15) is 0 Å². The summed E-state index contributed by atoms with van der Waals surface area (Å²) in [5.74, 6) is 0.398. The number of aliphatic hydroxyl groups is 2. The fourth-order valence-electron chi connectivity index (χ4n) is 1.41. The summed E-state index contributed by atoms with van der Waals surface area (Å²) in [7, 11) is 0. The Hall–Kier alpha value is -1.02. The third kappa shape index (κ3) is 9.53. The molecule has 0 saturated carbocycles. The molecule has 0 heterocycles. The summed E-state index contributed by atoms with van der Waals surface area (Å²) in [5, 5.41) is 17.7. The fraction of sp³-hybridized carbons (Fsp3) is 0.571. The summed E-state index contributed by atoms with van der Waals surface area (Å²) in [5.41, 5.74) is 2.59. The van der Waals surface area contributed by atoms with Gasteiger partial charge in [-0.2, -0.15) is 0 Å². The Morgan fingerprint density at radius 1 is 0.875 bits per heavy atom. The van der Waals surface area contributed by atoms with Crippen LogP contribution in [0.3, 0.4) is 0 Å². The molecule has 0 aliphatic heterocycles. The Balaban J connectivity index is 3.79. The molecule has 16 heavy (non-hydrogen) atoms. The van der Waals surface area contributed by atoms with E-state index in [-0.39, 0.29) is 6.61 Å². The highest BCUT2D eigenvalue weighted by Crippen LogP contribution is 2.10. The van der Waals surface area contributed by atoms with Gasteiger partial charge in [0.15, 0.2) is 0 Å². The minimum Gasteiger partial charge on any atom is -0.513 e. The molecule has 0 rings (SSSR count). The molecule has 0 spiro atoms. The summed E-state index contributed by atoms with van der Waals surface area (Å²) >= 11 is 0. The Morgan fingerprint density at radius 3 is 1.88 bits per heavy atom. The summed E-state index contributed by atoms with van der Waals surface area (Å²) in [6.45, 7) is 5.99. The number of hydrogen-bond acceptors (Lipinski definition) is 2. The SMILES string of the molecule is C/C(O)=C/CC/C(C)=C/CC/C(C)=C/CO. The lowest BCUT2D eigenvalue weighted by Crippen LogP contribution is -1.82. The number of hydrogen-bond donors (Lipinski definition) is 2. The molecule has 0 aliphatic rings. The van der Waals surface area contributed by atoms with Crippen molar-refractivity contribution in [2.45, 2.75) is 46.5 Å². The molecular weight excluding hydrogens is 200 g/mol. The fourth-order valence-corrected chi connectivity index (χ4v) is 1.41. The summed E-state index contributed by atoms with van der Waals surface area (Å²) in [4.78, 5) is 0. The van der Waals surface area contributed by atoms with Gasteiger partial charge < -0.3 is 10.2 Å². The van der Waals surface area contributed by atoms with Crippen molar-refractivity contribution in [3.63, 3.8) is 0 Å². The van der Waals surface area contributed by atoms with Crippen LogP contribution in [0.15, 0.2) is 35.1 Å². The van der Waals surface area contributed by atoms with E-state index in [0.29, 0.717) is 5.76 Å². The molecule has 0 radical (unpaired) electrons. The van der Waals surface area contributed by atoms with E-state index >= 15 is 0 Å². The Bertz CT molecular complexity index is 268. The first-order valence-electron chi connectivity index (χ1n) is 5.84. The van der Waals surface area contributed by atoms with Crippen molar-refractivity contribution in [2.24, 2.45) is 0 Å². The van der Waals surface area contributed by atoms with Crippen LogP contribution in [0.1, 0.15) is 46.5 Å². The molecule has 0 aromatic heterocycles. The second-order valence-electron chi connectivity index (χ2n) is 4.21. The average Bonchev–Trinajstić information content (AvgIpc) is 2.17. The molecule has 0 aromatic carbocycles. The van der Waals surface area contributed by atoms with Crippen molar-refractivity contribution in [1.29, 1.82) is 0 Å². The molecule has 2 heteroatoms. The monoisotopic (exact) mass is 224 g/mol. The molecule has 0 amide bonds. The largest absolute Gasteiger partial charge is 0.513 e. The van der Waals surface area contributed by atoms with E-state index in [1.807, 2.05) is 19.1 Å². The van der Waals surface area contributed by atoms with Crippen LogP contribution in [-0.2, 0) is 0 Å². The van der Waals surface area contributed by atoms with Gasteiger partial charge >= 0.3 is 0 Å². The predicted molar refractivity (Wildman–Crippen MR) is 69.5 cm³/mol. The van der Waals surface area contributed by atoms with Gasteiger partial charge in [-0.25, -0.2) is 0 Å². The molecule has 2 nitrogen and oxygen atoms in total. The zero-order chi connectivity index (χ0) is 12.4. The molecule has 0 saturated heterocycles. The van der Waals surface area contributed by atoms with Crippen molar-refractivity contribution >= 4 is 0 Å². The first-order valence-corrected chi connectivity index (χ1v) is 5.84. The lowest BCUT2D eigenvalue weighted by atomic mass is 10.1. The second-order valence-corrected chi connectivity index (χ2v) is 4.21. The van der Waals surface area contributed by atoms with E-state index in [4.69, 9.17) is 10.2 Å². The van der Waals surface area contributed by atoms with Gasteiger partial charge in [0, 0.05) is 0 Å². The Kier molecular flexibility index (Phi) is 8.64. The summed E-state index contributed by atoms with van der Waals surface area (Å²) in [6.07, 6.45) is 9.85. The van der Waals surface area contributed by atoms with Crippen LogP contribution < -0.4 is 0 Å². The van der Waals surface area contributed by atoms with Gasteiger partial charge in [-0.15, -0.1) is 0 Å². The van der Waals surface area contributed by atoms with E-state index in [2.05, 4.69) is 13.0 Å². The smallest absolute Gasteiger partial charge is 0.0852 e. The minimum absolute atomic E-state index is 0.134. The van der Waals surface area contributed by atoms with Crippen molar-refractivity contribution in [3.8, 4) is 0 Å². The van der Waals surface area contributed by atoms with E-state index < -0.39 is 0 Å². The highest BCUT2D eigenvalue weighted by Gasteiger charge is 1.91. The van der Waals surface area contributed by atoms with E-state index in [0.717, 1.165) is 25.7 Å². The number of rotatable bonds is 7. The summed E-state index contributed by atoms with van der Waals surface area (Å²) in [6, 6.07) is 0. The van der Waals surface area contributed by atoms with Crippen molar-refractivity contribution < 1.29 is 10.2 Å². The lowest BCUT2D eigenvalue weighted by Gasteiger charge is -2.00. The van der Waals surface area contributed by atoms with Crippen LogP contribution in [-0.4, -0.2) is 16.8 Å². The Morgan fingerprint density at radius 2 is 1.38 bits per heavy atom. The van der Waals surface area contributed by atoms with Gasteiger partial charge in [-0.3, -0.25) is 0 Å². The van der Waals surface area contributed by atoms with Gasteiger partial charge in [0.05, 0.1) is 12.4 Å². The molecular formula is C14H24O2. The first kappa shape index (κ1) is 15.0. The second kappa shape index (κ2) is 9.22. The molecule has 92 valence electrons. The highest BCUT2D eigenvalue weighted by molar-refractivity contribution is 5.04. The maximum atomic E-state index is 8.98. The first-order chi connectivity index (χ1) is 7.56. The minimum atomic E-state index is 0.134. The maximum Gasteiger partial charge on any atom is 0.0852 e. The van der Waals surface area contributed by atoms with E-state index in [1.54, 1.807) is 6.92 Å². The van der Waals surface area contributed by atoms with Crippen LogP contribution in [0.4, 0.5) is 0 Å². The molecule has 0 aromatic rings. The van der Waals surface area contributed by atoms with Crippen molar-refractivity contribution in [1.82, 2.24) is 0 Å². The molecule has 0 unspecified atom stereocenters. The Labute approximate surface area is 99.0 Å². The third-order valence-corrected chi connectivity index (χ3v) is 2.45. The third-order valence-electron chi connectivity index (χ3n) is 2.45. The van der Waals surface area contributed by atoms with Crippen molar-refractivity contribution in [3.05, 3.63) is 35.1 Å². The number of allylic oxidation sites excluding steroid dienone is 5. The quantitative estimate of drug-likeness (QED) is 0.508. The molecule has 2 N–H and O–H groups in total.